The Hall–Kier alpha value is -7.33. The standard InChI is InChI=1S/C22H15NO3.C17H12O.C4H4N2O3/c24-20-13-21(25)23-22(26)19(20)11-5-10-18-16-8-3-1-6-14(16)12-15-7-2-4-9-17(15)18;18-11-5-10-17-15-8-3-1-6-13(15)12-14-7-2-4-9-16(14)17;7-2-1-3(8)6-4(9)5-2/h1-12H,13H2,(H,23,25,26);1-12H;1H2,(H2,5,6,7,8,9)/b10-5+,19-11-;10-5+;. The van der Waals surface area contributed by atoms with Gasteiger partial charge in [0.05, 0.1) is 12.0 Å². The summed E-state index contributed by atoms with van der Waals surface area (Å²) in [5.74, 6) is -2.75. The Kier molecular flexibility index (Phi) is 10.8. The lowest BCUT2D eigenvalue weighted by Crippen LogP contribution is -2.49. The minimum absolute atomic E-state index is 0.00499. The maximum Gasteiger partial charge on any atom is 0.328 e. The van der Waals surface area contributed by atoms with Gasteiger partial charge in [-0.05, 0) is 78.5 Å². The van der Waals surface area contributed by atoms with Gasteiger partial charge < -0.3 is 0 Å². The number of allylic oxidation sites excluding steroid dienone is 3. The maximum atomic E-state index is 11.9. The summed E-state index contributed by atoms with van der Waals surface area (Å²) in [6.45, 7) is 0. The van der Waals surface area contributed by atoms with E-state index in [0.717, 1.165) is 39.0 Å². The summed E-state index contributed by atoms with van der Waals surface area (Å²) in [6, 6.07) is 36.2. The average molecular weight is 702 g/mol. The Morgan fingerprint density at radius 2 is 0.868 bits per heavy atom. The number of Topliss-reactive ketones (excluding diaryl/α,β-unsaturated/α-hetero) is 1. The van der Waals surface area contributed by atoms with Crippen molar-refractivity contribution in [1.82, 2.24) is 16.0 Å². The molecule has 0 spiro atoms. The van der Waals surface area contributed by atoms with Crippen LogP contribution in [0.25, 0.3) is 55.2 Å². The number of fused-ring (bicyclic) bond motifs is 4. The highest BCUT2D eigenvalue weighted by Crippen LogP contribution is 2.30. The minimum atomic E-state index is -0.740. The molecule has 0 aliphatic carbocycles. The van der Waals surface area contributed by atoms with Crippen molar-refractivity contribution in [1.29, 1.82) is 0 Å². The second-order valence-corrected chi connectivity index (χ2v) is 12.0. The Morgan fingerprint density at radius 1 is 0.472 bits per heavy atom. The molecule has 0 aromatic heterocycles. The molecule has 2 saturated heterocycles. The van der Waals surface area contributed by atoms with E-state index in [0.29, 0.717) is 0 Å². The number of barbiturate groups is 1. The topological polar surface area (TPSA) is 156 Å². The number of benzene rings is 6. The summed E-state index contributed by atoms with van der Waals surface area (Å²) >= 11 is 0. The van der Waals surface area contributed by atoms with Gasteiger partial charge in [-0.15, -0.1) is 0 Å². The number of piperidine rings is 1. The smallest absolute Gasteiger partial charge is 0.299 e. The van der Waals surface area contributed by atoms with Crippen molar-refractivity contribution in [3.8, 4) is 0 Å². The van der Waals surface area contributed by atoms with E-state index in [-0.39, 0.29) is 18.4 Å². The van der Waals surface area contributed by atoms with Crippen LogP contribution in [0, 0.1) is 0 Å². The molecule has 0 saturated carbocycles. The lowest BCUT2D eigenvalue weighted by molar-refractivity contribution is -0.135. The van der Waals surface area contributed by atoms with E-state index in [4.69, 9.17) is 0 Å². The molecule has 260 valence electrons. The molecule has 10 nitrogen and oxygen atoms in total. The Bertz CT molecular complexity index is 2410. The number of hydrogen-bond donors (Lipinski definition) is 3. The normalized spacial score (nSPS) is 15.3. The lowest BCUT2D eigenvalue weighted by Gasteiger charge is -2.11. The quantitative estimate of drug-likeness (QED) is 0.0474. The van der Waals surface area contributed by atoms with Gasteiger partial charge in [0.1, 0.15) is 12.7 Å². The van der Waals surface area contributed by atoms with Gasteiger partial charge in [0.2, 0.25) is 17.7 Å². The number of carbonyl (C=O) groups is 7. The number of hydrogen-bond acceptors (Lipinski definition) is 7. The number of ketones is 1. The van der Waals surface area contributed by atoms with E-state index < -0.39 is 35.4 Å². The van der Waals surface area contributed by atoms with Crippen molar-refractivity contribution in [2.24, 2.45) is 0 Å². The number of nitrogens with one attached hydrogen (secondary N) is 3. The van der Waals surface area contributed by atoms with Crippen LogP contribution in [0.3, 0.4) is 0 Å². The number of carbonyl (C=O) groups excluding carboxylic acids is 7. The molecular weight excluding hydrogens is 670 g/mol. The first-order valence-corrected chi connectivity index (χ1v) is 16.5. The van der Waals surface area contributed by atoms with Crippen molar-refractivity contribution < 1.29 is 33.6 Å². The first-order valence-electron chi connectivity index (χ1n) is 16.5. The zero-order valence-corrected chi connectivity index (χ0v) is 28.1. The maximum absolute atomic E-state index is 11.9. The van der Waals surface area contributed by atoms with Crippen molar-refractivity contribution in [3.63, 3.8) is 0 Å². The van der Waals surface area contributed by atoms with Crippen molar-refractivity contribution in [2.45, 2.75) is 12.8 Å². The highest BCUT2D eigenvalue weighted by molar-refractivity contribution is 6.30. The SMILES string of the molecule is O=C/C=C/c1c2ccccc2cc2ccccc12.O=C1CC(=O)/C(=C/C=C/c2c3ccccc3cc3ccccc23)C(=O)N1.O=C1CC(=O)NC(=O)N1. The third kappa shape index (κ3) is 8.35. The van der Waals surface area contributed by atoms with Crippen LogP contribution in [0.5, 0.6) is 0 Å². The van der Waals surface area contributed by atoms with Crippen LogP contribution in [0.2, 0.25) is 0 Å². The van der Waals surface area contributed by atoms with Crippen LogP contribution in [-0.2, 0) is 28.8 Å². The third-order valence-electron chi connectivity index (χ3n) is 8.44. The van der Waals surface area contributed by atoms with Crippen molar-refractivity contribution >= 4 is 97.0 Å². The fourth-order valence-corrected chi connectivity index (χ4v) is 6.13. The van der Waals surface area contributed by atoms with Gasteiger partial charge >= 0.3 is 6.03 Å². The van der Waals surface area contributed by atoms with Gasteiger partial charge in [-0.3, -0.25) is 44.7 Å². The first-order chi connectivity index (χ1) is 25.7. The van der Waals surface area contributed by atoms with Crippen LogP contribution in [-0.4, -0.2) is 41.7 Å². The number of rotatable bonds is 4. The summed E-state index contributed by atoms with van der Waals surface area (Å²) < 4.78 is 0. The molecule has 53 heavy (non-hydrogen) atoms. The van der Waals surface area contributed by atoms with Crippen LogP contribution >= 0.6 is 0 Å². The molecule has 0 bridgehead atoms. The molecule has 10 heteroatoms. The second-order valence-electron chi connectivity index (χ2n) is 12.0. The molecule has 3 N–H and O–H groups in total. The summed E-state index contributed by atoms with van der Waals surface area (Å²) in [7, 11) is 0. The molecule has 2 aliphatic heterocycles. The van der Waals surface area contributed by atoms with Crippen molar-refractivity contribution in [2.75, 3.05) is 0 Å². The zero-order valence-electron chi connectivity index (χ0n) is 28.1. The molecule has 6 aromatic carbocycles. The predicted molar refractivity (Wildman–Crippen MR) is 204 cm³/mol. The van der Waals surface area contributed by atoms with Gasteiger partial charge in [0, 0.05) is 0 Å². The average Bonchev–Trinajstić information content (AvgIpc) is 3.14. The van der Waals surface area contributed by atoms with Crippen LogP contribution < -0.4 is 16.0 Å². The number of imide groups is 3. The number of aldehydes is 1. The molecule has 2 aliphatic rings. The van der Waals surface area contributed by atoms with Gasteiger partial charge in [0.15, 0.2) is 5.78 Å². The number of urea groups is 1. The van der Waals surface area contributed by atoms with Gasteiger partial charge in [0.25, 0.3) is 5.91 Å². The van der Waals surface area contributed by atoms with E-state index in [1.54, 1.807) is 12.2 Å². The molecule has 6 aromatic rings. The first kappa shape index (κ1) is 35.5. The molecule has 0 radical (unpaired) electrons. The molecule has 0 unspecified atom stereocenters. The Morgan fingerprint density at radius 3 is 1.26 bits per heavy atom. The highest BCUT2D eigenvalue weighted by Gasteiger charge is 2.27. The highest BCUT2D eigenvalue weighted by atomic mass is 16.2. The van der Waals surface area contributed by atoms with Crippen LogP contribution in [0.1, 0.15) is 24.0 Å². The summed E-state index contributed by atoms with van der Waals surface area (Å²) in [6.07, 6.45) is 8.77. The fraction of sp³-hybridized carbons (Fsp3) is 0.0465. The van der Waals surface area contributed by atoms with Gasteiger partial charge in [-0.2, -0.15) is 0 Å². The van der Waals surface area contributed by atoms with Crippen LogP contribution in [0.15, 0.2) is 133 Å². The minimum Gasteiger partial charge on any atom is -0.299 e. The van der Waals surface area contributed by atoms with Crippen molar-refractivity contribution in [3.05, 3.63) is 144 Å². The molecule has 2 heterocycles. The number of amides is 6. The van der Waals surface area contributed by atoms with Crippen LogP contribution in [0.4, 0.5) is 4.79 Å². The molecule has 0 atom stereocenters. The molecule has 2 fully saturated rings. The second kappa shape index (κ2) is 16.1. The largest absolute Gasteiger partial charge is 0.328 e. The Labute approximate surface area is 302 Å². The van der Waals surface area contributed by atoms with E-state index >= 15 is 0 Å². The van der Waals surface area contributed by atoms with Gasteiger partial charge in [-0.1, -0.05) is 115 Å². The molecular formula is C43H31N3O7. The summed E-state index contributed by atoms with van der Waals surface area (Å²) in [5, 5.41) is 15.1. The predicted octanol–water partition coefficient (Wildman–Crippen LogP) is 6.50. The summed E-state index contributed by atoms with van der Waals surface area (Å²) in [4.78, 5) is 76.3. The molecule has 8 rings (SSSR count). The Balaban J connectivity index is 0.000000153. The van der Waals surface area contributed by atoms with E-state index in [1.165, 1.54) is 27.6 Å². The van der Waals surface area contributed by atoms with E-state index in [9.17, 15) is 33.6 Å². The molecule has 6 amide bonds. The van der Waals surface area contributed by atoms with E-state index in [2.05, 4.69) is 53.8 Å². The lowest BCUT2D eigenvalue weighted by atomic mass is 9.96. The fourth-order valence-electron chi connectivity index (χ4n) is 6.13. The zero-order chi connectivity index (χ0) is 37.3. The van der Waals surface area contributed by atoms with Gasteiger partial charge in [-0.25, -0.2) is 4.79 Å². The monoisotopic (exact) mass is 701 g/mol. The third-order valence-corrected chi connectivity index (χ3v) is 8.44. The summed E-state index contributed by atoms with van der Waals surface area (Å²) in [5.41, 5.74) is 2.14. The van der Waals surface area contributed by atoms with E-state index in [1.807, 2.05) is 83.4 Å².